The summed E-state index contributed by atoms with van der Waals surface area (Å²) < 4.78 is 60.1. The van der Waals surface area contributed by atoms with Gasteiger partial charge in [-0.1, -0.05) is 37.3 Å². The van der Waals surface area contributed by atoms with Crippen molar-refractivity contribution in [3.63, 3.8) is 0 Å². The maximum atomic E-state index is 13.6. The molecule has 1 saturated heterocycles. The molecular formula is C22H24F4N2O2. The minimum absolute atomic E-state index is 0.0306. The van der Waals surface area contributed by atoms with E-state index in [1.807, 2.05) is 13.8 Å². The summed E-state index contributed by atoms with van der Waals surface area (Å²) in [5.74, 6) is -0.488. The lowest BCUT2D eigenvalue weighted by molar-refractivity contribution is -0.140. The van der Waals surface area contributed by atoms with Gasteiger partial charge in [-0.15, -0.1) is 0 Å². The summed E-state index contributed by atoms with van der Waals surface area (Å²) >= 11 is 0. The number of carbonyl (C=O) groups excluding carboxylic acids is 1. The van der Waals surface area contributed by atoms with E-state index in [4.69, 9.17) is 4.74 Å². The van der Waals surface area contributed by atoms with Crippen LogP contribution in [-0.4, -0.2) is 36.2 Å². The summed E-state index contributed by atoms with van der Waals surface area (Å²) in [6.07, 6.45) is -5.22. The Morgan fingerprint density at radius 2 is 1.80 bits per heavy atom. The summed E-state index contributed by atoms with van der Waals surface area (Å²) in [7, 11) is 0. The van der Waals surface area contributed by atoms with Gasteiger partial charge in [-0.2, -0.15) is 13.2 Å². The highest BCUT2D eigenvalue weighted by Gasteiger charge is 2.39. The van der Waals surface area contributed by atoms with Gasteiger partial charge in [0.25, 0.3) is 0 Å². The third-order valence-electron chi connectivity index (χ3n) is 5.17. The maximum absolute atomic E-state index is 13.6. The van der Waals surface area contributed by atoms with Crippen LogP contribution in [0.15, 0.2) is 48.5 Å². The number of hydrogen-bond acceptors (Lipinski definition) is 2. The number of carbonyl (C=O) groups is 1. The maximum Gasteiger partial charge on any atom is 0.416 e. The van der Waals surface area contributed by atoms with Gasteiger partial charge < -0.3 is 15.0 Å². The van der Waals surface area contributed by atoms with Crippen molar-refractivity contribution in [1.82, 2.24) is 10.2 Å². The van der Waals surface area contributed by atoms with E-state index in [-0.39, 0.29) is 30.7 Å². The Bertz CT molecular complexity index is 864. The topological polar surface area (TPSA) is 41.6 Å². The Labute approximate surface area is 172 Å². The molecule has 1 aliphatic rings. The average molecular weight is 424 g/mol. The van der Waals surface area contributed by atoms with Crippen molar-refractivity contribution in [1.29, 1.82) is 0 Å². The lowest BCUT2D eigenvalue weighted by Gasteiger charge is -2.41. The molecule has 1 fully saturated rings. The second kappa shape index (κ2) is 9.04. The van der Waals surface area contributed by atoms with Crippen LogP contribution in [0.3, 0.4) is 0 Å². The Hall–Kier alpha value is -2.61. The minimum atomic E-state index is -4.56. The number of benzene rings is 2. The molecular weight excluding hydrogens is 400 g/mol. The van der Waals surface area contributed by atoms with Crippen molar-refractivity contribution in [2.24, 2.45) is 0 Å². The predicted octanol–water partition coefficient (Wildman–Crippen LogP) is 5.14. The monoisotopic (exact) mass is 424 g/mol. The molecule has 1 aliphatic heterocycles. The van der Waals surface area contributed by atoms with Gasteiger partial charge in [-0.25, -0.2) is 9.18 Å². The van der Waals surface area contributed by atoms with Gasteiger partial charge in [0.2, 0.25) is 0 Å². The molecule has 3 rings (SSSR count). The fraction of sp³-hybridized carbons (Fsp3) is 0.409. The highest BCUT2D eigenvalue weighted by molar-refractivity contribution is 5.75. The van der Waals surface area contributed by atoms with Crippen LogP contribution in [0.1, 0.15) is 43.1 Å². The Morgan fingerprint density at radius 1 is 1.17 bits per heavy atom. The second-order valence-corrected chi connectivity index (χ2v) is 7.44. The largest absolute Gasteiger partial charge is 0.416 e. The lowest BCUT2D eigenvalue weighted by atomic mass is 9.95. The smallest absolute Gasteiger partial charge is 0.362 e. The second-order valence-electron chi connectivity index (χ2n) is 7.44. The van der Waals surface area contributed by atoms with E-state index in [9.17, 15) is 22.4 Å². The molecule has 30 heavy (non-hydrogen) atoms. The number of rotatable bonds is 6. The van der Waals surface area contributed by atoms with E-state index >= 15 is 0 Å². The zero-order chi connectivity index (χ0) is 21.9. The fourth-order valence-electron chi connectivity index (χ4n) is 3.24. The number of amides is 2. The predicted molar refractivity (Wildman–Crippen MR) is 104 cm³/mol. The fourth-order valence-corrected chi connectivity index (χ4v) is 3.24. The first-order valence-corrected chi connectivity index (χ1v) is 9.81. The van der Waals surface area contributed by atoms with Gasteiger partial charge in [0, 0.05) is 6.04 Å². The molecule has 4 nitrogen and oxygen atoms in total. The van der Waals surface area contributed by atoms with Crippen LogP contribution in [-0.2, 0) is 10.9 Å². The van der Waals surface area contributed by atoms with Crippen molar-refractivity contribution in [3.05, 3.63) is 71.0 Å². The molecule has 2 unspecified atom stereocenters. The van der Waals surface area contributed by atoms with Gasteiger partial charge >= 0.3 is 12.2 Å². The van der Waals surface area contributed by atoms with Crippen molar-refractivity contribution >= 4 is 6.03 Å². The van der Waals surface area contributed by atoms with Crippen LogP contribution >= 0.6 is 0 Å². The van der Waals surface area contributed by atoms with Crippen LogP contribution in [0.2, 0.25) is 0 Å². The number of hydrogen-bond donors (Lipinski definition) is 1. The summed E-state index contributed by atoms with van der Waals surface area (Å²) in [5.41, 5.74) is -0.431. The normalized spacial score (nSPS) is 16.7. The quantitative estimate of drug-likeness (QED) is 0.653. The number of halogens is 4. The SMILES string of the molecule is CCC(C)NC(=O)N1CC(OC(c2ccc(F)cc2)c2ccccc2C(F)(F)F)C1. The zero-order valence-electron chi connectivity index (χ0n) is 16.7. The Kier molecular flexibility index (Phi) is 6.65. The van der Waals surface area contributed by atoms with Gasteiger partial charge in [0.05, 0.1) is 24.8 Å². The van der Waals surface area contributed by atoms with Crippen LogP contribution in [0.4, 0.5) is 22.4 Å². The van der Waals surface area contributed by atoms with Crippen LogP contribution < -0.4 is 5.32 Å². The molecule has 1 heterocycles. The molecule has 0 saturated carbocycles. The minimum Gasteiger partial charge on any atom is -0.362 e. The molecule has 162 valence electrons. The lowest BCUT2D eigenvalue weighted by Crippen LogP contribution is -2.59. The first-order chi connectivity index (χ1) is 14.2. The van der Waals surface area contributed by atoms with Crippen LogP contribution in [0.5, 0.6) is 0 Å². The van der Waals surface area contributed by atoms with Gasteiger partial charge in [-0.05, 0) is 42.7 Å². The number of likely N-dealkylation sites (tertiary alicyclic amines) is 1. The summed E-state index contributed by atoms with van der Waals surface area (Å²) in [5, 5.41) is 2.84. The van der Waals surface area contributed by atoms with Crippen molar-refractivity contribution < 1.29 is 27.1 Å². The molecule has 2 amide bonds. The molecule has 0 radical (unpaired) electrons. The molecule has 0 bridgehead atoms. The van der Waals surface area contributed by atoms with Gasteiger partial charge in [0.15, 0.2) is 0 Å². The van der Waals surface area contributed by atoms with E-state index in [0.717, 1.165) is 12.5 Å². The molecule has 0 spiro atoms. The van der Waals surface area contributed by atoms with Crippen molar-refractivity contribution in [2.75, 3.05) is 13.1 Å². The first-order valence-electron chi connectivity index (χ1n) is 9.81. The number of alkyl halides is 3. The Balaban J connectivity index is 1.80. The van der Waals surface area contributed by atoms with Gasteiger partial charge in [-0.3, -0.25) is 0 Å². The third kappa shape index (κ3) is 5.11. The molecule has 2 atom stereocenters. The number of ether oxygens (including phenoxy) is 1. The molecule has 0 aromatic heterocycles. The van der Waals surface area contributed by atoms with Crippen LogP contribution in [0.25, 0.3) is 0 Å². The highest BCUT2D eigenvalue weighted by Crippen LogP contribution is 2.39. The van der Waals surface area contributed by atoms with Gasteiger partial charge in [0.1, 0.15) is 11.9 Å². The van der Waals surface area contributed by atoms with E-state index in [2.05, 4.69) is 5.32 Å². The number of nitrogens with one attached hydrogen (secondary N) is 1. The van der Waals surface area contributed by atoms with Crippen molar-refractivity contribution in [2.45, 2.75) is 44.7 Å². The van der Waals surface area contributed by atoms with Crippen molar-refractivity contribution in [3.8, 4) is 0 Å². The molecule has 0 aliphatic carbocycles. The third-order valence-corrected chi connectivity index (χ3v) is 5.17. The van der Waals surface area contributed by atoms with Crippen LogP contribution in [0, 0.1) is 5.82 Å². The van der Waals surface area contributed by atoms with E-state index in [0.29, 0.717) is 5.56 Å². The molecule has 1 N–H and O–H groups in total. The molecule has 2 aromatic carbocycles. The van der Waals surface area contributed by atoms with E-state index < -0.39 is 29.8 Å². The number of urea groups is 1. The average Bonchev–Trinajstić information content (AvgIpc) is 2.67. The van der Waals surface area contributed by atoms with E-state index in [1.165, 1.54) is 42.5 Å². The summed E-state index contributed by atoms with van der Waals surface area (Å²) in [6.45, 7) is 4.39. The summed E-state index contributed by atoms with van der Waals surface area (Å²) in [4.78, 5) is 13.7. The molecule has 2 aromatic rings. The molecule has 8 heteroatoms. The zero-order valence-corrected chi connectivity index (χ0v) is 16.7. The van der Waals surface area contributed by atoms with E-state index in [1.54, 1.807) is 4.90 Å². The summed E-state index contributed by atoms with van der Waals surface area (Å²) in [6, 6.07) is 10.2. The number of nitrogens with zero attached hydrogens (tertiary/aromatic N) is 1. The first kappa shape index (κ1) is 22.1. The standard InChI is InChI=1S/C22H24F4N2O2/c1-3-14(2)27-21(29)28-12-17(13-28)30-20(15-8-10-16(23)11-9-15)18-6-4-5-7-19(18)22(24,25)26/h4-11,14,17,20H,3,12-13H2,1-2H3,(H,27,29). The highest BCUT2D eigenvalue weighted by atomic mass is 19.4. The Morgan fingerprint density at radius 3 is 2.40 bits per heavy atom.